The highest BCUT2D eigenvalue weighted by molar-refractivity contribution is 8.00. The van der Waals surface area contributed by atoms with Gasteiger partial charge in [-0.1, -0.05) is 25.1 Å². The summed E-state index contributed by atoms with van der Waals surface area (Å²) in [6.07, 6.45) is 0. The van der Waals surface area contributed by atoms with Gasteiger partial charge in [0.2, 0.25) is 5.91 Å². The third-order valence-electron chi connectivity index (χ3n) is 2.07. The summed E-state index contributed by atoms with van der Waals surface area (Å²) in [7, 11) is 0. The summed E-state index contributed by atoms with van der Waals surface area (Å²) in [5.41, 5.74) is 0. The molecule has 1 unspecified atom stereocenters. The van der Waals surface area contributed by atoms with Gasteiger partial charge >= 0.3 is 0 Å². The van der Waals surface area contributed by atoms with Gasteiger partial charge in [0.05, 0.1) is 5.75 Å². The predicted octanol–water partition coefficient (Wildman–Crippen LogP) is 1.52. The standard InChI is InChI=1S/C12H17NO2S/c1-10(8-14)7-13-12(15)9-16-11-5-3-2-4-6-11/h2-6,10,14H,7-9H2,1H3,(H,13,15). The molecule has 0 aromatic heterocycles. The zero-order chi connectivity index (χ0) is 11.8. The topological polar surface area (TPSA) is 49.3 Å². The van der Waals surface area contributed by atoms with Crippen LogP contribution in [0.25, 0.3) is 0 Å². The van der Waals surface area contributed by atoms with E-state index in [1.165, 1.54) is 11.8 Å². The van der Waals surface area contributed by atoms with Crippen molar-refractivity contribution in [1.29, 1.82) is 0 Å². The van der Waals surface area contributed by atoms with E-state index < -0.39 is 0 Å². The zero-order valence-electron chi connectivity index (χ0n) is 9.35. The van der Waals surface area contributed by atoms with E-state index in [1.54, 1.807) is 0 Å². The molecular weight excluding hydrogens is 222 g/mol. The number of hydrogen-bond acceptors (Lipinski definition) is 3. The molecule has 0 saturated heterocycles. The van der Waals surface area contributed by atoms with Crippen LogP contribution in [0.1, 0.15) is 6.92 Å². The Morgan fingerprint density at radius 3 is 2.75 bits per heavy atom. The quantitative estimate of drug-likeness (QED) is 0.740. The van der Waals surface area contributed by atoms with Gasteiger partial charge in [0.15, 0.2) is 0 Å². The molecule has 4 heteroatoms. The molecular formula is C12H17NO2S. The molecule has 2 N–H and O–H groups in total. The lowest BCUT2D eigenvalue weighted by Gasteiger charge is -2.09. The van der Waals surface area contributed by atoms with Gasteiger partial charge in [0.1, 0.15) is 0 Å². The summed E-state index contributed by atoms with van der Waals surface area (Å²) in [5.74, 6) is 0.544. The van der Waals surface area contributed by atoms with Crippen LogP contribution in [0, 0.1) is 5.92 Å². The Hall–Kier alpha value is -1.00. The highest BCUT2D eigenvalue weighted by Gasteiger charge is 2.04. The predicted molar refractivity (Wildman–Crippen MR) is 66.4 cm³/mol. The molecule has 1 aromatic carbocycles. The third-order valence-corrected chi connectivity index (χ3v) is 3.08. The maximum absolute atomic E-state index is 11.4. The maximum Gasteiger partial charge on any atom is 0.230 e. The zero-order valence-corrected chi connectivity index (χ0v) is 10.2. The SMILES string of the molecule is CC(CO)CNC(=O)CSc1ccccc1. The average molecular weight is 239 g/mol. The molecule has 88 valence electrons. The van der Waals surface area contributed by atoms with Crippen molar-refractivity contribution in [1.82, 2.24) is 5.32 Å². The smallest absolute Gasteiger partial charge is 0.230 e. The number of thioether (sulfide) groups is 1. The first kappa shape index (κ1) is 13.1. The third kappa shape index (κ3) is 5.19. The summed E-state index contributed by atoms with van der Waals surface area (Å²) in [6, 6.07) is 9.82. The lowest BCUT2D eigenvalue weighted by molar-refractivity contribution is -0.118. The second-order valence-corrected chi connectivity index (χ2v) is 4.74. The molecule has 1 amide bonds. The Kier molecular flexibility index (Phi) is 5.96. The molecule has 1 atom stereocenters. The minimum atomic E-state index is 0.00848. The number of benzene rings is 1. The molecule has 16 heavy (non-hydrogen) atoms. The monoisotopic (exact) mass is 239 g/mol. The molecule has 0 heterocycles. The van der Waals surface area contributed by atoms with E-state index in [1.807, 2.05) is 37.3 Å². The van der Waals surface area contributed by atoms with Gasteiger partial charge in [-0.05, 0) is 18.1 Å². The van der Waals surface area contributed by atoms with Crippen molar-refractivity contribution in [3.05, 3.63) is 30.3 Å². The van der Waals surface area contributed by atoms with Gasteiger partial charge in [0, 0.05) is 18.0 Å². The number of hydrogen-bond donors (Lipinski definition) is 2. The molecule has 3 nitrogen and oxygen atoms in total. The normalized spacial score (nSPS) is 12.1. The second-order valence-electron chi connectivity index (χ2n) is 3.69. The van der Waals surface area contributed by atoms with Crippen LogP contribution in [-0.2, 0) is 4.79 Å². The van der Waals surface area contributed by atoms with Crippen LogP contribution in [0.5, 0.6) is 0 Å². The van der Waals surface area contributed by atoms with Crippen molar-refractivity contribution in [3.63, 3.8) is 0 Å². The van der Waals surface area contributed by atoms with E-state index >= 15 is 0 Å². The number of carbonyl (C=O) groups excluding carboxylic acids is 1. The van der Waals surface area contributed by atoms with Crippen molar-refractivity contribution >= 4 is 17.7 Å². The first-order chi connectivity index (χ1) is 7.72. The lowest BCUT2D eigenvalue weighted by atomic mass is 10.2. The number of carbonyl (C=O) groups is 1. The Morgan fingerprint density at radius 2 is 2.12 bits per heavy atom. The van der Waals surface area contributed by atoms with Gasteiger partial charge < -0.3 is 10.4 Å². The molecule has 0 saturated carbocycles. The van der Waals surface area contributed by atoms with Gasteiger partial charge in [-0.3, -0.25) is 4.79 Å². The van der Waals surface area contributed by atoms with Gasteiger partial charge in [-0.15, -0.1) is 11.8 Å². The Bertz CT molecular complexity index is 316. The summed E-state index contributed by atoms with van der Waals surface area (Å²) < 4.78 is 0. The summed E-state index contributed by atoms with van der Waals surface area (Å²) in [6.45, 7) is 2.53. The average Bonchev–Trinajstić information content (AvgIpc) is 2.34. The van der Waals surface area contributed by atoms with Gasteiger partial charge in [-0.2, -0.15) is 0 Å². The van der Waals surface area contributed by atoms with Crippen molar-refractivity contribution in [2.24, 2.45) is 5.92 Å². The fourth-order valence-electron chi connectivity index (χ4n) is 1.07. The van der Waals surface area contributed by atoms with Crippen LogP contribution < -0.4 is 5.32 Å². The van der Waals surface area contributed by atoms with Crippen LogP contribution in [0.4, 0.5) is 0 Å². The van der Waals surface area contributed by atoms with Crippen LogP contribution in [-0.4, -0.2) is 29.9 Å². The van der Waals surface area contributed by atoms with Gasteiger partial charge in [0.25, 0.3) is 0 Å². The molecule has 0 bridgehead atoms. The van der Waals surface area contributed by atoms with E-state index in [-0.39, 0.29) is 18.4 Å². The van der Waals surface area contributed by atoms with Crippen LogP contribution in [0.2, 0.25) is 0 Å². The fourth-order valence-corrected chi connectivity index (χ4v) is 1.82. The molecule has 0 radical (unpaired) electrons. The van der Waals surface area contributed by atoms with E-state index in [9.17, 15) is 4.79 Å². The first-order valence-electron chi connectivity index (χ1n) is 5.27. The minimum absolute atomic E-state index is 0.00848. The highest BCUT2D eigenvalue weighted by atomic mass is 32.2. The van der Waals surface area contributed by atoms with E-state index in [0.29, 0.717) is 12.3 Å². The molecule has 0 fully saturated rings. The van der Waals surface area contributed by atoms with E-state index in [4.69, 9.17) is 5.11 Å². The van der Waals surface area contributed by atoms with Crippen molar-refractivity contribution in [2.45, 2.75) is 11.8 Å². The van der Waals surface area contributed by atoms with Gasteiger partial charge in [-0.25, -0.2) is 0 Å². The summed E-state index contributed by atoms with van der Waals surface area (Å²) >= 11 is 1.51. The maximum atomic E-state index is 11.4. The van der Waals surface area contributed by atoms with Crippen molar-refractivity contribution < 1.29 is 9.90 Å². The molecule has 1 aromatic rings. The molecule has 1 rings (SSSR count). The molecule has 0 aliphatic heterocycles. The minimum Gasteiger partial charge on any atom is -0.396 e. The number of aliphatic hydroxyl groups excluding tert-OH is 1. The van der Waals surface area contributed by atoms with Crippen LogP contribution >= 0.6 is 11.8 Å². The molecule has 0 aliphatic rings. The first-order valence-corrected chi connectivity index (χ1v) is 6.26. The van der Waals surface area contributed by atoms with Crippen LogP contribution in [0.3, 0.4) is 0 Å². The number of nitrogens with one attached hydrogen (secondary N) is 1. The number of amides is 1. The highest BCUT2D eigenvalue weighted by Crippen LogP contribution is 2.16. The fraction of sp³-hybridized carbons (Fsp3) is 0.417. The molecule has 0 spiro atoms. The Morgan fingerprint density at radius 1 is 1.44 bits per heavy atom. The number of aliphatic hydroxyl groups is 1. The summed E-state index contributed by atoms with van der Waals surface area (Å²) in [5, 5.41) is 11.6. The van der Waals surface area contributed by atoms with Crippen LogP contribution in [0.15, 0.2) is 35.2 Å². The number of rotatable bonds is 6. The van der Waals surface area contributed by atoms with Crippen molar-refractivity contribution in [2.75, 3.05) is 18.9 Å². The van der Waals surface area contributed by atoms with E-state index in [0.717, 1.165) is 4.90 Å². The Balaban J connectivity index is 2.20. The largest absolute Gasteiger partial charge is 0.396 e. The second kappa shape index (κ2) is 7.30. The van der Waals surface area contributed by atoms with Crippen molar-refractivity contribution in [3.8, 4) is 0 Å². The lowest BCUT2D eigenvalue weighted by Crippen LogP contribution is -2.30. The molecule has 0 aliphatic carbocycles. The van der Waals surface area contributed by atoms with E-state index in [2.05, 4.69) is 5.32 Å². The Labute approximate surface area is 100 Å². The summed E-state index contributed by atoms with van der Waals surface area (Å²) in [4.78, 5) is 12.5.